The molecular weight excluding hydrogens is 346 g/mol. The normalized spacial score (nSPS) is 10.9. The number of carbonyl (C=O) groups excluding carboxylic acids is 1. The zero-order chi connectivity index (χ0) is 17.4. The van der Waals surface area contributed by atoms with Crippen molar-refractivity contribution in [3.05, 3.63) is 46.6 Å². The Labute approximate surface area is 139 Å². The van der Waals surface area contributed by atoms with Crippen molar-refractivity contribution in [3.8, 4) is 11.5 Å². The van der Waals surface area contributed by atoms with Gasteiger partial charge in [0.25, 0.3) is 0 Å². The van der Waals surface area contributed by atoms with E-state index >= 15 is 0 Å². The monoisotopic (exact) mass is 354 g/mol. The molecule has 0 saturated carbocycles. The molecule has 124 valence electrons. The van der Waals surface area contributed by atoms with E-state index in [0.29, 0.717) is 0 Å². The minimum absolute atomic E-state index is 0.0530. The highest BCUT2D eigenvalue weighted by Gasteiger charge is 2.28. The lowest BCUT2D eigenvalue weighted by molar-refractivity contribution is 0.100. The highest BCUT2D eigenvalue weighted by Crippen LogP contribution is 2.33. The molecule has 6 nitrogen and oxygen atoms in total. The van der Waals surface area contributed by atoms with E-state index < -0.39 is 23.0 Å². The molecule has 3 rings (SSSR count). The van der Waals surface area contributed by atoms with Gasteiger partial charge in [0.1, 0.15) is 11.1 Å². The van der Waals surface area contributed by atoms with Gasteiger partial charge in [0.15, 0.2) is 34.5 Å². The van der Waals surface area contributed by atoms with Crippen molar-refractivity contribution in [2.75, 3.05) is 14.2 Å². The van der Waals surface area contributed by atoms with Crippen LogP contribution in [0.2, 0.25) is 5.28 Å². The summed E-state index contributed by atoms with van der Waals surface area (Å²) in [6.07, 6.45) is 1.25. The number of methoxy groups -OCH3 is 2. The molecule has 0 aliphatic heterocycles. The van der Waals surface area contributed by atoms with E-state index in [4.69, 9.17) is 25.5 Å². The van der Waals surface area contributed by atoms with Crippen molar-refractivity contribution < 1.29 is 27.5 Å². The fourth-order valence-corrected chi connectivity index (χ4v) is 2.28. The Morgan fingerprint density at radius 3 is 2.38 bits per heavy atom. The first-order valence-electron chi connectivity index (χ1n) is 6.53. The lowest BCUT2D eigenvalue weighted by Crippen LogP contribution is -2.09. The minimum Gasteiger partial charge on any atom is -0.494 e. The highest BCUT2D eigenvalue weighted by molar-refractivity contribution is 6.28. The van der Waals surface area contributed by atoms with Gasteiger partial charge in [0, 0.05) is 12.1 Å². The largest absolute Gasteiger partial charge is 0.494 e. The van der Waals surface area contributed by atoms with E-state index in [2.05, 4.69) is 9.97 Å². The van der Waals surface area contributed by atoms with E-state index in [1.165, 1.54) is 26.5 Å². The third-order valence-corrected chi connectivity index (χ3v) is 3.45. The summed E-state index contributed by atoms with van der Waals surface area (Å²) in [5, 5.41) is -0.0530. The molecule has 0 amide bonds. The predicted octanol–water partition coefficient (Wildman–Crippen LogP) is 3.40. The van der Waals surface area contributed by atoms with Crippen molar-refractivity contribution >= 4 is 28.5 Å². The SMILES string of the molecule is COc1cc(OC)c(F)c(C(=O)c2cc3nc(Cl)ncc3o2)c1F. The summed E-state index contributed by atoms with van der Waals surface area (Å²) in [5.74, 6) is -4.35. The maximum absolute atomic E-state index is 14.4. The number of halogens is 3. The van der Waals surface area contributed by atoms with Gasteiger partial charge >= 0.3 is 0 Å². The smallest absolute Gasteiger partial charge is 0.234 e. The van der Waals surface area contributed by atoms with Crippen LogP contribution in [0.25, 0.3) is 11.1 Å². The van der Waals surface area contributed by atoms with Gasteiger partial charge in [0.2, 0.25) is 11.1 Å². The number of hydrogen-bond donors (Lipinski definition) is 0. The van der Waals surface area contributed by atoms with Crippen LogP contribution >= 0.6 is 11.6 Å². The zero-order valence-corrected chi connectivity index (χ0v) is 13.1. The molecular formula is C15H9ClF2N2O4. The maximum atomic E-state index is 14.4. The standard InChI is InChI=1S/C15H9ClF2N2O4/c1-22-7-4-8(23-2)13(18)11(12(7)17)14(21)9-3-6-10(24-9)5-19-15(16)20-6/h3-5H,1-2H3. The van der Waals surface area contributed by atoms with Crippen LogP contribution in [0.15, 0.2) is 22.7 Å². The molecule has 0 aliphatic rings. The number of carbonyl (C=O) groups is 1. The molecule has 0 fully saturated rings. The van der Waals surface area contributed by atoms with Gasteiger partial charge in [-0.3, -0.25) is 4.79 Å². The van der Waals surface area contributed by atoms with Crippen LogP contribution in [0.3, 0.4) is 0 Å². The Bertz CT molecular complexity index is 930. The second-order valence-corrected chi connectivity index (χ2v) is 4.95. The number of fused-ring (bicyclic) bond motifs is 1. The van der Waals surface area contributed by atoms with Crippen LogP contribution in [0.1, 0.15) is 16.1 Å². The molecule has 9 heteroatoms. The molecule has 0 spiro atoms. The summed E-state index contributed by atoms with van der Waals surface area (Å²) in [7, 11) is 2.37. The third-order valence-electron chi connectivity index (χ3n) is 3.27. The molecule has 0 aliphatic carbocycles. The topological polar surface area (TPSA) is 74.5 Å². The van der Waals surface area contributed by atoms with Gasteiger partial charge in [-0.1, -0.05) is 0 Å². The average molecular weight is 355 g/mol. The Kier molecular flexibility index (Phi) is 4.06. The van der Waals surface area contributed by atoms with Gasteiger partial charge in [0.05, 0.1) is 20.4 Å². The molecule has 0 bridgehead atoms. The Hall–Kier alpha value is -2.74. The molecule has 2 heterocycles. The van der Waals surface area contributed by atoms with Crippen LogP contribution in [0.4, 0.5) is 8.78 Å². The Balaban J connectivity index is 2.18. The number of ketones is 1. The van der Waals surface area contributed by atoms with E-state index in [9.17, 15) is 13.6 Å². The molecule has 0 atom stereocenters. The van der Waals surface area contributed by atoms with Crippen molar-refractivity contribution in [1.29, 1.82) is 0 Å². The highest BCUT2D eigenvalue weighted by atomic mass is 35.5. The third kappa shape index (κ3) is 2.54. The second-order valence-electron chi connectivity index (χ2n) is 4.61. The van der Waals surface area contributed by atoms with Crippen molar-refractivity contribution in [2.24, 2.45) is 0 Å². The first kappa shape index (κ1) is 16.1. The molecule has 0 N–H and O–H groups in total. The molecule has 0 radical (unpaired) electrons. The van der Waals surface area contributed by atoms with Gasteiger partial charge in [-0.25, -0.2) is 18.7 Å². The van der Waals surface area contributed by atoms with Crippen molar-refractivity contribution in [2.45, 2.75) is 0 Å². The summed E-state index contributed by atoms with van der Waals surface area (Å²) >= 11 is 5.65. The molecule has 1 aromatic carbocycles. The number of hydrogen-bond acceptors (Lipinski definition) is 6. The summed E-state index contributed by atoms with van der Waals surface area (Å²) < 4.78 is 43.6. The van der Waals surface area contributed by atoms with Gasteiger partial charge < -0.3 is 13.9 Å². The van der Waals surface area contributed by atoms with Crippen LogP contribution in [-0.2, 0) is 0 Å². The molecule has 0 unspecified atom stereocenters. The molecule has 24 heavy (non-hydrogen) atoms. The first-order valence-corrected chi connectivity index (χ1v) is 6.90. The number of rotatable bonds is 4. The molecule has 2 aromatic heterocycles. The number of furan rings is 1. The minimum atomic E-state index is -1.16. The van der Waals surface area contributed by atoms with Crippen LogP contribution in [0, 0.1) is 11.6 Å². The van der Waals surface area contributed by atoms with Crippen molar-refractivity contribution in [3.63, 3.8) is 0 Å². The fraction of sp³-hybridized carbons (Fsp3) is 0.133. The van der Waals surface area contributed by atoms with E-state index in [1.807, 2.05) is 0 Å². The summed E-state index contributed by atoms with van der Waals surface area (Å²) in [5.41, 5.74) is -0.475. The second kappa shape index (κ2) is 6.04. The van der Waals surface area contributed by atoms with E-state index in [-0.39, 0.29) is 33.6 Å². The van der Waals surface area contributed by atoms with Gasteiger partial charge in [-0.05, 0) is 11.6 Å². The van der Waals surface area contributed by atoms with E-state index in [1.54, 1.807) is 0 Å². The summed E-state index contributed by atoms with van der Waals surface area (Å²) in [4.78, 5) is 20.1. The lowest BCUT2D eigenvalue weighted by atomic mass is 10.1. The number of nitrogens with zero attached hydrogens (tertiary/aromatic N) is 2. The van der Waals surface area contributed by atoms with Crippen LogP contribution < -0.4 is 9.47 Å². The number of ether oxygens (including phenoxy) is 2. The summed E-state index contributed by atoms with van der Waals surface area (Å²) in [6, 6.07) is 2.22. The van der Waals surface area contributed by atoms with E-state index in [0.717, 1.165) is 6.07 Å². The van der Waals surface area contributed by atoms with Gasteiger partial charge in [-0.2, -0.15) is 0 Å². The Morgan fingerprint density at radius 1 is 1.17 bits per heavy atom. The van der Waals surface area contributed by atoms with Gasteiger partial charge in [-0.15, -0.1) is 0 Å². The number of benzene rings is 1. The summed E-state index contributed by atoms with van der Waals surface area (Å²) in [6.45, 7) is 0. The first-order chi connectivity index (χ1) is 11.5. The van der Waals surface area contributed by atoms with Crippen LogP contribution in [-0.4, -0.2) is 30.0 Å². The fourth-order valence-electron chi connectivity index (χ4n) is 2.14. The quantitative estimate of drug-likeness (QED) is 0.528. The van der Waals surface area contributed by atoms with Crippen LogP contribution in [0.5, 0.6) is 11.5 Å². The zero-order valence-electron chi connectivity index (χ0n) is 12.4. The Morgan fingerprint density at radius 2 is 1.79 bits per heavy atom. The molecule has 0 saturated heterocycles. The molecule has 3 aromatic rings. The van der Waals surface area contributed by atoms with Crippen molar-refractivity contribution in [1.82, 2.24) is 9.97 Å². The average Bonchev–Trinajstić information content (AvgIpc) is 2.98. The predicted molar refractivity (Wildman–Crippen MR) is 79.7 cm³/mol. The lowest BCUT2D eigenvalue weighted by Gasteiger charge is -2.10. The number of aromatic nitrogens is 2. The maximum Gasteiger partial charge on any atom is 0.234 e.